The Balaban J connectivity index is 1.60. The van der Waals surface area contributed by atoms with E-state index in [2.05, 4.69) is 10.3 Å². The van der Waals surface area contributed by atoms with Crippen LogP contribution in [0.2, 0.25) is 0 Å². The molecular formula is C17H14F2N2O5S. The lowest BCUT2D eigenvalue weighted by Crippen LogP contribution is -2.31. The van der Waals surface area contributed by atoms with Gasteiger partial charge in [0.2, 0.25) is 5.76 Å². The second-order valence-electron chi connectivity index (χ2n) is 5.40. The zero-order valence-electron chi connectivity index (χ0n) is 14.0. The highest BCUT2D eigenvalue weighted by molar-refractivity contribution is 7.14. The maximum absolute atomic E-state index is 13.3. The molecule has 1 aromatic carbocycles. The van der Waals surface area contributed by atoms with Crippen molar-refractivity contribution in [1.82, 2.24) is 4.98 Å². The summed E-state index contributed by atoms with van der Waals surface area (Å²) in [7, 11) is 0. The molecule has 0 aliphatic carbocycles. The van der Waals surface area contributed by atoms with Crippen LogP contribution in [0.4, 0.5) is 13.9 Å². The van der Waals surface area contributed by atoms with Crippen molar-refractivity contribution < 1.29 is 32.6 Å². The molecule has 1 aliphatic heterocycles. The fourth-order valence-corrected chi connectivity index (χ4v) is 2.80. The van der Waals surface area contributed by atoms with Gasteiger partial charge >= 0.3 is 5.97 Å². The first-order valence-corrected chi connectivity index (χ1v) is 8.69. The first-order chi connectivity index (χ1) is 12.9. The molecule has 7 nitrogen and oxygen atoms in total. The molecule has 0 spiro atoms. The Labute approximate surface area is 156 Å². The lowest BCUT2D eigenvalue weighted by Gasteiger charge is -2.17. The average molecular weight is 396 g/mol. The Morgan fingerprint density at radius 3 is 2.81 bits per heavy atom. The summed E-state index contributed by atoms with van der Waals surface area (Å²) in [6.07, 6.45) is 0.0188. The van der Waals surface area contributed by atoms with E-state index in [9.17, 15) is 18.4 Å². The van der Waals surface area contributed by atoms with Gasteiger partial charge in [0.25, 0.3) is 5.91 Å². The minimum absolute atomic E-state index is 0.115. The molecule has 27 heavy (non-hydrogen) atoms. The maximum Gasteiger partial charge on any atom is 0.377 e. The van der Waals surface area contributed by atoms with Crippen LogP contribution >= 0.6 is 11.3 Å². The SMILES string of the molecule is C[C@H](OC(=O)C1=COCCO1)C(=O)Nc1nc(-c2ccc(F)c(F)c2)cs1. The molecular weight excluding hydrogens is 382 g/mol. The van der Waals surface area contributed by atoms with Crippen LogP contribution in [0.1, 0.15) is 6.92 Å². The topological polar surface area (TPSA) is 86.8 Å². The van der Waals surface area contributed by atoms with Crippen molar-refractivity contribution in [3.8, 4) is 11.3 Å². The van der Waals surface area contributed by atoms with E-state index in [1.807, 2.05) is 0 Å². The molecule has 3 rings (SSSR count). The molecule has 142 valence electrons. The van der Waals surface area contributed by atoms with Gasteiger partial charge < -0.3 is 14.2 Å². The number of hydrogen-bond donors (Lipinski definition) is 1. The van der Waals surface area contributed by atoms with Crippen LogP contribution in [0.25, 0.3) is 11.3 Å². The number of aromatic nitrogens is 1. The number of halogens is 2. The molecule has 2 heterocycles. The van der Waals surface area contributed by atoms with Crippen LogP contribution in [-0.2, 0) is 23.8 Å². The number of rotatable bonds is 5. The van der Waals surface area contributed by atoms with Crippen molar-refractivity contribution in [2.24, 2.45) is 0 Å². The molecule has 1 N–H and O–H groups in total. The number of carbonyl (C=O) groups excluding carboxylic acids is 2. The van der Waals surface area contributed by atoms with E-state index in [1.54, 1.807) is 5.38 Å². The molecule has 1 aromatic heterocycles. The van der Waals surface area contributed by atoms with Crippen molar-refractivity contribution in [3.63, 3.8) is 0 Å². The Morgan fingerprint density at radius 1 is 1.30 bits per heavy atom. The minimum Gasteiger partial charge on any atom is -0.493 e. The van der Waals surface area contributed by atoms with Crippen molar-refractivity contribution in [2.75, 3.05) is 18.5 Å². The number of amides is 1. The van der Waals surface area contributed by atoms with Crippen LogP contribution in [-0.4, -0.2) is 36.2 Å². The summed E-state index contributed by atoms with van der Waals surface area (Å²) in [6.45, 7) is 1.94. The number of anilines is 1. The third kappa shape index (κ3) is 4.59. The average Bonchev–Trinajstić information content (AvgIpc) is 3.13. The van der Waals surface area contributed by atoms with Gasteiger partial charge in [-0.05, 0) is 25.1 Å². The van der Waals surface area contributed by atoms with Crippen LogP contribution in [0.3, 0.4) is 0 Å². The van der Waals surface area contributed by atoms with Gasteiger partial charge in [0.05, 0.1) is 5.69 Å². The lowest BCUT2D eigenvalue weighted by molar-refractivity contribution is -0.153. The zero-order valence-corrected chi connectivity index (χ0v) is 14.8. The number of benzene rings is 1. The highest BCUT2D eigenvalue weighted by atomic mass is 32.1. The maximum atomic E-state index is 13.3. The van der Waals surface area contributed by atoms with Crippen molar-refractivity contribution >= 4 is 28.3 Å². The highest BCUT2D eigenvalue weighted by Gasteiger charge is 2.24. The van der Waals surface area contributed by atoms with E-state index < -0.39 is 29.6 Å². The monoisotopic (exact) mass is 396 g/mol. The zero-order chi connectivity index (χ0) is 19.4. The van der Waals surface area contributed by atoms with Gasteiger partial charge in [-0.1, -0.05) is 0 Å². The van der Waals surface area contributed by atoms with E-state index in [1.165, 1.54) is 13.0 Å². The molecule has 1 aliphatic rings. The quantitative estimate of drug-likeness (QED) is 0.782. The van der Waals surface area contributed by atoms with Gasteiger partial charge in [0.1, 0.15) is 19.5 Å². The summed E-state index contributed by atoms with van der Waals surface area (Å²) in [4.78, 5) is 28.2. The van der Waals surface area contributed by atoms with E-state index in [0.29, 0.717) is 17.9 Å². The minimum atomic E-state index is -1.11. The molecule has 10 heteroatoms. The van der Waals surface area contributed by atoms with Crippen molar-refractivity contribution in [3.05, 3.63) is 47.2 Å². The van der Waals surface area contributed by atoms with E-state index in [0.717, 1.165) is 29.7 Å². The number of nitrogens with one attached hydrogen (secondary N) is 1. The number of esters is 1. The first kappa shape index (κ1) is 18.8. The van der Waals surface area contributed by atoms with E-state index >= 15 is 0 Å². The number of nitrogens with zero attached hydrogens (tertiary/aromatic N) is 1. The summed E-state index contributed by atoms with van der Waals surface area (Å²) in [6, 6.07) is 3.39. The second-order valence-corrected chi connectivity index (χ2v) is 6.26. The number of thiazole rings is 1. The van der Waals surface area contributed by atoms with Gasteiger partial charge in [-0.3, -0.25) is 10.1 Å². The fraction of sp³-hybridized carbons (Fsp3) is 0.235. The van der Waals surface area contributed by atoms with Gasteiger partial charge in [-0.15, -0.1) is 11.3 Å². The molecule has 0 bridgehead atoms. The molecule has 0 fully saturated rings. The standard InChI is InChI=1S/C17H14F2N2O5S/c1-9(26-16(23)14-7-24-4-5-25-14)15(22)21-17-20-13(8-27-17)10-2-3-11(18)12(19)6-10/h2-3,6-9H,4-5H2,1H3,(H,20,21,22)/t9-/m0/s1. The molecule has 2 aromatic rings. The van der Waals surface area contributed by atoms with Crippen LogP contribution < -0.4 is 5.32 Å². The Hall–Kier alpha value is -3.01. The largest absolute Gasteiger partial charge is 0.493 e. The smallest absolute Gasteiger partial charge is 0.377 e. The summed E-state index contributed by atoms with van der Waals surface area (Å²) in [5.41, 5.74) is 0.739. The molecule has 0 unspecified atom stereocenters. The van der Waals surface area contributed by atoms with Crippen molar-refractivity contribution in [1.29, 1.82) is 0 Å². The number of carbonyl (C=O) groups is 2. The fourth-order valence-electron chi connectivity index (χ4n) is 2.07. The molecule has 0 saturated heterocycles. The van der Waals surface area contributed by atoms with Gasteiger partial charge in [-0.25, -0.2) is 18.6 Å². The summed E-state index contributed by atoms with van der Waals surface area (Å²) < 4.78 is 41.4. The Bertz CT molecular complexity index is 899. The summed E-state index contributed by atoms with van der Waals surface area (Å²) in [5.74, 6) is -3.49. The van der Waals surface area contributed by atoms with Gasteiger partial charge in [0, 0.05) is 10.9 Å². The Kier molecular flexibility index (Phi) is 5.65. The normalized spacial score (nSPS) is 14.4. The number of hydrogen-bond acceptors (Lipinski definition) is 7. The Morgan fingerprint density at radius 2 is 2.11 bits per heavy atom. The lowest BCUT2D eigenvalue weighted by atomic mass is 10.2. The van der Waals surface area contributed by atoms with Gasteiger partial charge in [-0.2, -0.15) is 0 Å². The van der Waals surface area contributed by atoms with Gasteiger partial charge in [0.15, 0.2) is 22.9 Å². The third-order valence-corrected chi connectivity index (χ3v) is 4.21. The predicted molar refractivity (Wildman–Crippen MR) is 91.6 cm³/mol. The highest BCUT2D eigenvalue weighted by Crippen LogP contribution is 2.26. The van der Waals surface area contributed by atoms with Crippen LogP contribution in [0.5, 0.6) is 0 Å². The number of ether oxygens (including phenoxy) is 3. The summed E-state index contributed by atoms with van der Waals surface area (Å²) in [5, 5.41) is 4.30. The van der Waals surface area contributed by atoms with Crippen LogP contribution in [0, 0.1) is 11.6 Å². The van der Waals surface area contributed by atoms with E-state index in [4.69, 9.17) is 14.2 Å². The van der Waals surface area contributed by atoms with E-state index in [-0.39, 0.29) is 17.5 Å². The summed E-state index contributed by atoms with van der Waals surface area (Å²) >= 11 is 1.09. The molecule has 0 saturated carbocycles. The predicted octanol–water partition coefficient (Wildman–Crippen LogP) is 2.85. The third-order valence-electron chi connectivity index (χ3n) is 3.45. The van der Waals surface area contributed by atoms with Crippen LogP contribution in [0.15, 0.2) is 35.6 Å². The molecule has 1 amide bonds. The molecule has 0 radical (unpaired) electrons. The first-order valence-electron chi connectivity index (χ1n) is 7.81. The molecule has 1 atom stereocenters. The second kappa shape index (κ2) is 8.12. The van der Waals surface area contributed by atoms with Crippen molar-refractivity contribution in [2.45, 2.75) is 13.0 Å².